The van der Waals surface area contributed by atoms with Gasteiger partial charge in [0.05, 0.1) is 40.7 Å². The molecule has 0 aliphatic heterocycles. The Hall–Kier alpha value is -4.77. The van der Waals surface area contributed by atoms with E-state index in [-0.39, 0.29) is 16.8 Å². The second kappa shape index (κ2) is 9.03. The number of aromatic amines is 2. The molecule has 0 saturated carbocycles. The van der Waals surface area contributed by atoms with Gasteiger partial charge in [0.15, 0.2) is 11.6 Å². The molecule has 0 radical (unpaired) electrons. The highest BCUT2D eigenvalue weighted by atomic mass is 19.1. The number of anilines is 1. The van der Waals surface area contributed by atoms with Crippen molar-refractivity contribution in [2.45, 2.75) is 19.6 Å². The number of aliphatic hydroxyl groups excluding tert-OH is 1. The van der Waals surface area contributed by atoms with Gasteiger partial charge < -0.3 is 15.4 Å². The van der Waals surface area contributed by atoms with Crippen molar-refractivity contribution in [2.24, 2.45) is 0 Å². The smallest absolute Gasteiger partial charge is 0.161 e. The van der Waals surface area contributed by atoms with Crippen molar-refractivity contribution in [3.63, 3.8) is 0 Å². The summed E-state index contributed by atoms with van der Waals surface area (Å²) in [6, 6.07) is 8.03. The zero-order valence-corrected chi connectivity index (χ0v) is 19.5. The third kappa shape index (κ3) is 3.95. The van der Waals surface area contributed by atoms with Crippen LogP contribution in [0.25, 0.3) is 55.8 Å². The first-order chi connectivity index (χ1) is 18.0. The van der Waals surface area contributed by atoms with Gasteiger partial charge in [-0.05, 0) is 18.6 Å². The molecule has 4 N–H and O–H groups in total. The van der Waals surface area contributed by atoms with E-state index in [1.54, 1.807) is 36.7 Å². The Balaban J connectivity index is 1.47. The highest BCUT2D eigenvalue weighted by Crippen LogP contribution is 2.35. The van der Waals surface area contributed by atoms with Gasteiger partial charge in [-0.1, -0.05) is 25.1 Å². The van der Waals surface area contributed by atoms with E-state index >= 15 is 4.39 Å². The van der Waals surface area contributed by atoms with Gasteiger partial charge in [-0.25, -0.2) is 13.8 Å². The molecule has 184 valence electrons. The molecule has 0 bridgehead atoms. The Bertz CT molecular complexity index is 1760. The van der Waals surface area contributed by atoms with Crippen LogP contribution >= 0.6 is 0 Å². The number of pyridine rings is 3. The minimum Gasteiger partial charge on any atom is -0.374 e. The lowest BCUT2D eigenvalue weighted by Crippen LogP contribution is -2.17. The minimum absolute atomic E-state index is 0.0714. The van der Waals surface area contributed by atoms with Crippen LogP contribution in [0.1, 0.15) is 13.3 Å². The SMILES string of the molecule is CCC(O)Nc1cncc(-c2ncc3[nH]nc(-c4nc5c(-c6ccccc6F)cncc5[nH]4)c3c2F)c1. The fraction of sp³-hybridized carbons (Fsp3) is 0.115. The summed E-state index contributed by atoms with van der Waals surface area (Å²) in [6.45, 7) is 1.83. The number of hydrogen-bond donors (Lipinski definition) is 4. The molecule has 0 aliphatic rings. The molecule has 1 atom stereocenters. The second-order valence-electron chi connectivity index (χ2n) is 8.46. The van der Waals surface area contributed by atoms with E-state index in [0.29, 0.717) is 51.2 Å². The van der Waals surface area contributed by atoms with Crippen LogP contribution in [0.3, 0.4) is 0 Å². The minimum atomic E-state index is -0.755. The van der Waals surface area contributed by atoms with Crippen molar-refractivity contribution in [1.82, 2.24) is 35.1 Å². The van der Waals surface area contributed by atoms with Crippen LogP contribution in [-0.4, -0.2) is 46.5 Å². The number of imidazole rings is 1. The molecule has 5 aromatic heterocycles. The third-order valence-electron chi connectivity index (χ3n) is 6.06. The summed E-state index contributed by atoms with van der Waals surface area (Å²) in [5.41, 5.74) is 3.56. The van der Waals surface area contributed by atoms with Gasteiger partial charge in [-0.15, -0.1) is 0 Å². The molecule has 6 aromatic rings. The van der Waals surface area contributed by atoms with Gasteiger partial charge in [-0.3, -0.25) is 20.1 Å². The Morgan fingerprint density at radius 1 is 0.973 bits per heavy atom. The Morgan fingerprint density at radius 2 is 1.81 bits per heavy atom. The molecule has 5 heterocycles. The maximum absolute atomic E-state index is 15.9. The van der Waals surface area contributed by atoms with E-state index in [0.717, 1.165) is 0 Å². The molecular formula is C26H20F2N8O. The summed E-state index contributed by atoms with van der Waals surface area (Å²) in [5.74, 6) is -0.711. The molecule has 0 amide bonds. The number of H-pyrrole nitrogens is 2. The number of aromatic nitrogens is 7. The molecule has 0 fully saturated rings. The zero-order chi connectivity index (χ0) is 25.5. The van der Waals surface area contributed by atoms with Crippen molar-refractivity contribution < 1.29 is 13.9 Å². The molecule has 11 heteroatoms. The average molecular weight is 498 g/mol. The quantitative estimate of drug-likeness (QED) is 0.237. The number of rotatable bonds is 6. The van der Waals surface area contributed by atoms with Crippen LogP contribution < -0.4 is 5.32 Å². The van der Waals surface area contributed by atoms with Gasteiger partial charge >= 0.3 is 0 Å². The number of hydrogen-bond acceptors (Lipinski definition) is 7. The topological polar surface area (TPSA) is 128 Å². The second-order valence-corrected chi connectivity index (χ2v) is 8.46. The number of nitrogens with zero attached hydrogens (tertiary/aromatic N) is 5. The normalized spacial score (nSPS) is 12.3. The summed E-state index contributed by atoms with van der Waals surface area (Å²) in [5, 5.41) is 20.1. The monoisotopic (exact) mass is 498 g/mol. The maximum atomic E-state index is 15.9. The zero-order valence-electron chi connectivity index (χ0n) is 19.5. The van der Waals surface area contributed by atoms with Gasteiger partial charge in [0.25, 0.3) is 0 Å². The predicted octanol–water partition coefficient (Wildman–Crippen LogP) is 5.04. The molecule has 0 aliphatic carbocycles. The number of benzene rings is 1. The number of aliphatic hydroxyl groups is 1. The lowest BCUT2D eigenvalue weighted by molar-refractivity contribution is 0.199. The van der Waals surface area contributed by atoms with E-state index < -0.39 is 17.9 Å². The van der Waals surface area contributed by atoms with E-state index in [1.165, 1.54) is 24.7 Å². The van der Waals surface area contributed by atoms with Crippen LogP contribution in [0.15, 0.2) is 61.3 Å². The number of halogens is 2. The summed E-state index contributed by atoms with van der Waals surface area (Å²) < 4.78 is 30.4. The van der Waals surface area contributed by atoms with Crippen molar-refractivity contribution >= 4 is 27.6 Å². The fourth-order valence-corrected chi connectivity index (χ4v) is 4.21. The Labute approximate surface area is 208 Å². The Kier molecular flexibility index (Phi) is 5.53. The fourth-order valence-electron chi connectivity index (χ4n) is 4.21. The lowest BCUT2D eigenvalue weighted by atomic mass is 10.1. The highest BCUT2D eigenvalue weighted by Gasteiger charge is 2.22. The van der Waals surface area contributed by atoms with E-state index in [2.05, 4.69) is 40.4 Å². The van der Waals surface area contributed by atoms with Crippen LogP contribution in [-0.2, 0) is 0 Å². The predicted molar refractivity (Wildman–Crippen MR) is 135 cm³/mol. The summed E-state index contributed by atoms with van der Waals surface area (Å²) >= 11 is 0. The highest BCUT2D eigenvalue weighted by molar-refractivity contribution is 5.97. The number of fused-ring (bicyclic) bond motifs is 2. The van der Waals surface area contributed by atoms with Gasteiger partial charge in [0.1, 0.15) is 28.9 Å². The van der Waals surface area contributed by atoms with Crippen LogP contribution in [0.4, 0.5) is 14.5 Å². The molecule has 0 spiro atoms. The largest absolute Gasteiger partial charge is 0.374 e. The molecule has 6 rings (SSSR count). The van der Waals surface area contributed by atoms with Crippen molar-refractivity contribution in [1.29, 1.82) is 0 Å². The van der Waals surface area contributed by atoms with Gasteiger partial charge in [0, 0.05) is 29.1 Å². The van der Waals surface area contributed by atoms with Gasteiger partial charge in [0.2, 0.25) is 0 Å². The van der Waals surface area contributed by atoms with Crippen molar-refractivity contribution in [3.8, 4) is 33.9 Å². The molecule has 0 saturated heterocycles. The first-order valence-electron chi connectivity index (χ1n) is 11.5. The Morgan fingerprint density at radius 3 is 2.65 bits per heavy atom. The molecule has 9 nitrogen and oxygen atoms in total. The summed E-state index contributed by atoms with van der Waals surface area (Å²) in [4.78, 5) is 20.4. The van der Waals surface area contributed by atoms with E-state index in [1.807, 2.05) is 6.92 Å². The first kappa shape index (κ1) is 22.7. The molecule has 37 heavy (non-hydrogen) atoms. The van der Waals surface area contributed by atoms with Crippen molar-refractivity contribution in [3.05, 3.63) is 73.0 Å². The lowest BCUT2D eigenvalue weighted by Gasteiger charge is -2.12. The standard InChI is InChI=1S/C26H20F2N8O/c1-2-20(37)32-14-7-13(8-29-9-14)23-22(28)21-18(12-31-23)35-36-25(21)26-33-19-11-30-10-16(24(19)34-26)15-5-3-4-6-17(15)27/h3-12,20,32,37H,2H2,1H3,(H,33,34)(H,35,36). The van der Waals surface area contributed by atoms with Crippen LogP contribution in [0.2, 0.25) is 0 Å². The summed E-state index contributed by atoms with van der Waals surface area (Å²) in [7, 11) is 0. The molecule has 1 unspecified atom stereocenters. The van der Waals surface area contributed by atoms with Gasteiger partial charge in [-0.2, -0.15) is 5.10 Å². The molecular weight excluding hydrogens is 478 g/mol. The van der Waals surface area contributed by atoms with Crippen molar-refractivity contribution in [2.75, 3.05) is 5.32 Å². The van der Waals surface area contributed by atoms with E-state index in [9.17, 15) is 9.50 Å². The van der Waals surface area contributed by atoms with Crippen LogP contribution in [0.5, 0.6) is 0 Å². The average Bonchev–Trinajstić information content (AvgIpc) is 3.54. The molecule has 1 aromatic carbocycles. The number of nitrogens with one attached hydrogen (secondary N) is 3. The summed E-state index contributed by atoms with van der Waals surface area (Å²) in [6.07, 6.45) is 7.37. The third-order valence-corrected chi connectivity index (χ3v) is 6.06. The van der Waals surface area contributed by atoms with Crippen LogP contribution in [0, 0.1) is 11.6 Å². The first-order valence-corrected chi connectivity index (χ1v) is 11.5. The van der Waals surface area contributed by atoms with E-state index in [4.69, 9.17) is 0 Å². The maximum Gasteiger partial charge on any atom is 0.161 e.